The summed E-state index contributed by atoms with van der Waals surface area (Å²) < 4.78 is 8.91. The summed E-state index contributed by atoms with van der Waals surface area (Å²) in [6.45, 7) is 6.42. The molecule has 32 heavy (non-hydrogen) atoms. The maximum atomic E-state index is 13.2. The number of methoxy groups -OCH3 is 1. The molecule has 0 radical (unpaired) electrons. The van der Waals surface area contributed by atoms with Crippen molar-refractivity contribution in [1.82, 2.24) is 14.1 Å². The van der Waals surface area contributed by atoms with Crippen molar-refractivity contribution in [2.45, 2.75) is 40.3 Å². The number of nitrogens with zero attached hydrogens (tertiary/aromatic N) is 3. The Hall–Kier alpha value is -3.67. The Morgan fingerprint density at radius 3 is 2.44 bits per heavy atom. The maximum absolute atomic E-state index is 13.2. The van der Waals surface area contributed by atoms with Gasteiger partial charge >= 0.3 is 0 Å². The maximum Gasteiger partial charge on any atom is 0.272 e. The lowest BCUT2D eigenvalue weighted by molar-refractivity contribution is 0.0971. The second-order valence-corrected chi connectivity index (χ2v) is 8.03. The minimum atomic E-state index is -0.231. The summed E-state index contributed by atoms with van der Waals surface area (Å²) in [6, 6.07) is 17.4. The van der Waals surface area contributed by atoms with E-state index < -0.39 is 0 Å². The van der Waals surface area contributed by atoms with Crippen molar-refractivity contribution in [3.63, 3.8) is 0 Å². The quantitative estimate of drug-likeness (QED) is 0.412. The number of rotatable bonds is 7. The Balaban J connectivity index is 1.59. The molecular weight excluding hydrogens is 402 g/mol. The Morgan fingerprint density at radius 1 is 1.00 bits per heavy atom. The summed E-state index contributed by atoms with van der Waals surface area (Å²) in [5, 5.41) is 0. The van der Waals surface area contributed by atoms with Crippen molar-refractivity contribution in [3.8, 4) is 5.75 Å². The highest BCUT2D eigenvalue weighted by Crippen LogP contribution is 2.19. The van der Waals surface area contributed by atoms with E-state index in [1.54, 1.807) is 14.0 Å². The monoisotopic (exact) mass is 429 g/mol. The molecule has 2 heterocycles. The van der Waals surface area contributed by atoms with Gasteiger partial charge < -0.3 is 9.30 Å². The fourth-order valence-electron chi connectivity index (χ4n) is 4.17. The van der Waals surface area contributed by atoms with Crippen molar-refractivity contribution in [2.75, 3.05) is 7.11 Å². The van der Waals surface area contributed by atoms with Gasteiger partial charge in [-0.2, -0.15) is 0 Å². The topological polar surface area (TPSA) is 66.1 Å². The second kappa shape index (κ2) is 8.83. The number of aromatic nitrogens is 3. The van der Waals surface area contributed by atoms with Crippen LogP contribution in [0.25, 0.3) is 11.0 Å². The van der Waals surface area contributed by atoms with Crippen molar-refractivity contribution in [2.24, 2.45) is 0 Å². The number of para-hydroxylation sites is 2. The van der Waals surface area contributed by atoms with Gasteiger partial charge in [-0.3, -0.25) is 14.2 Å². The lowest BCUT2D eigenvalue weighted by atomic mass is 10.1. The van der Waals surface area contributed by atoms with Gasteiger partial charge in [-0.25, -0.2) is 4.98 Å². The first-order valence-corrected chi connectivity index (χ1v) is 10.7. The fraction of sp³-hybridized carbons (Fsp3) is 0.269. The van der Waals surface area contributed by atoms with Gasteiger partial charge in [0.1, 0.15) is 11.4 Å². The van der Waals surface area contributed by atoms with E-state index in [-0.39, 0.29) is 17.9 Å². The van der Waals surface area contributed by atoms with Crippen molar-refractivity contribution >= 4 is 16.8 Å². The summed E-state index contributed by atoms with van der Waals surface area (Å²) >= 11 is 0. The zero-order chi connectivity index (χ0) is 22.8. The van der Waals surface area contributed by atoms with E-state index in [0.717, 1.165) is 30.1 Å². The van der Waals surface area contributed by atoms with Crippen LogP contribution in [0.15, 0.2) is 59.4 Å². The zero-order valence-corrected chi connectivity index (χ0v) is 18.9. The summed E-state index contributed by atoms with van der Waals surface area (Å²) in [5.74, 6) is 0.760. The Labute approximate surface area is 187 Å². The van der Waals surface area contributed by atoms with Crippen LogP contribution in [0.3, 0.4) is 0 Å². The standard InChI is InChI=1S/C26H27N3O3/c1-17-15-22(19(3)28(17)14-13-20-9-11-21(32-4)12-10-20)25(30)16-29-24-8-6-5-7-23(24)27-18(2)26(29)31/h5-12,15H,13-14,16H2,1-4H3. The molecule has 6 nitrogen and oxygen atoms in total. The Morgan fingerprint density at radius 2 is 1.72 bits per heavy atom. The normalized spacial score (nSPS) is 11.1. The minimum absolute atomic E-state index is 0.00845. The van der Waals surface area contributed by atoms with Gasteiger partial charge in [0.2, 0.25) is 0 Å². The molecule has 4 aromatic rings. The molecule has 4 rings (SSSR count). The predicted octanol–water partition coefficient (Wildman–Crippen LogP) is 4.26. The van der Waals surface area contributed by atoms with Crippen molar-refractivity contribution < 1.29 is 9.53 Å². The van der Waals surface area contributed by atoms with E-state index in [1.807, 2.05) is 56.3 Å². The Kier molecular flexibility index (Phi) is 5.95. The molecule has 0 bridgehead atoms. The first-order valence-electron chi connectivity index (χ1n) is 10.7. The lowest BCUT2D eigenvalue weighted by Crippen LogP contribution is -2.27. The van der Waals surface area contributed by atoms with Crippen LogP contribution in [0.1, 0.15) is 33.0 Å². The van der Waals surface area contributed by atoms with Gasteiger partial charge in [-0.15, -0.1) is 0 Å². The highest BCUT2D eigenvalue weighted by atomic mass is 16.5. The largest absolute Gasteiger partial charge is 0.497 e. The van der Waals surface area contributed by atoms with E-state index >= 15 is 0 Å². The van der Waals surface area contributed by atoms with Gasteiger partial charge in [0, 0.05) is 23.5 Å². The van der Waals surface area contributed by atoms with Crippen LogP contribution >= 0.6 is 0 Å². The van der Waals surface area contributed by atoms with Gasteiger partial charge in [0.25, 0.3) is 5.56 Å². The van der Waals surface area contributed by atoms with Crippen LogP contribution in [-0.4, -0.2) is 27.0 Å². The molecule has 0 atom stereocenters. The van der Waals surface area contributed by atoms with E-state index in [4.69, 9.17) is 4.74 Å². The molecule has 0 fully saturated rings. The fourth-order valence-corrected chi connectivity index (χ4v) is 4.17. The first kappa shape index (κ1) is 21.6. The van der Waals surface area contributed by atoms with Gasteiger partial charge in [-0.05, 0) is 63.1 Å². The van der Waals surface area contributed by atoms with Crippen LogP contribution in [0.4, 0.5) is 0 Å². The number of carbonyl (C=O) groups excluding carboxylic acids is 1. The van der Waals surface area contributed by atoms with Gasteiger partial charge in [-0.1, -0.05) is 24.3 Å². The molecule has 0 aliphatic rings. The number of Topliss-reactive ketones (excluding diaryl/α,β-unsaturated/α-hetero) is 1. The smallest absolute Gasteiger partial charge is 0.272 e. The van der Waals surface area contributed by atoms with E-state index in [2.05, 4.69) is 21.7 Å². The third-order valence-electron chi connectivity index (χ3n) is 5.97. The van der Waals surface area contributed by atoms with Crippen molar-refractivity contribution in [3.05, 3.63) is 93.2 Å². The summed E-state index contributed by atoms with van der Waals surface area (Å²) in [4.78, 5) is 30.3. The summed E-state index contributed by atoms with van der Waals surface area (Å²) in [5.41, 5.74) is 5.35. The number of carbonyl (C=O) groups is 1. The number of hydrogen-bond donors (Lipinski definition) is 0. The molecule has 2 aromatic carbocycles. The van der Waals surface area contributed by atoms with Crippen molar-refractivity contribution in [1.29, 1.82) is 0 Å². The van der Waals surface area contributed by atoms with Gasteiger partial charge in [0.05, 0.1) is 24.7 Å². The molecule has 2 aromatic heterocycles. The number of benzene rings is 2. The predicted molar refractivity (Wildman–Crippen MR) is 126 cm³/mol. The number of aryl methyl sites for hydroxylation is 3. The SMILES string of the molecule is COc1ccc(CCn2c(C)cc(C(=O)Cn3c(=O)c(C)nc4ccccc43)c2C)cc1. The summed E-state index contributed by atoms with van der Waals surface area (Å²) in [7, 11) is 1.66. The average Bonchev–Trinajstić information content (AvgIpc) is 3.09. The molecule has 0 aliphatic carbocycles. The number of ether oxygens (including phenoxy) is 1. The molecule has 0 saturated heterocycles. The van der Waals surface area contributed by atoms with Crippen LogP contribution in [-0.2, 0) is 19.5 Å². The molecular formula is C26H27N3O3. The third-order valence-corrected chi connectivity index (χ3v) is 5.97. The highest BCUT2D eigenvalue weighted by Gasteiger charge is 2.18. The minimum Gasteiger partial charge on any atom is -0.497 e. The highest BCUT2D eigenvalue weighted by molar-refractivity contribution is 5.98. The molecule has 0 N–H and O–H groups in total. The van der Waals surface area contributed by atoms with Crippen LogP contribution < -0.4 is 10.3 Å². The molecule has 0 amide bonds. The molecule has 0 spiro atoms. The zero-order valence-electron chi connectivity index (χ0n) is 18.9. The molecule has 0 aliphatic heterocycles. The third kappa shape index (κ3) is 4.08. The second-order valence-electron chi connectivity index (χ2n) is 8.03. The molecule has 164 valence electrons. The van der Waals surface area contributed by atoms with Crippen LogP contribution in [0.2, 0.25) is 0 Å². The number of hydrogen-bond acceptors (Lipinski definition) is 4. The van der Waals surface area contributed by atoms with Gasteiger partial charge in [0.15, 0.2) is 5.78 Å². The average molecular weight is 430 g/mol. The van der Waals surface area contributed by atoms with Crippen LogP contribution in [0, 0.1) is 20.8 Å². The molecule has 6 heteroatoms. The number of ketones is 1. The van der Waals surface area contributed by atoms with E-state index in [1.165, 1.54) is 10.1 Å². The van der Waals surface area contributed by atoms with E-state index in [9.17, 15) is 9.59 Å². The first-order chi connectivity index (χ1) is 15.4. The number of fused-ring (bicyclic) bond motifs is 1. The Bertz CT molecular complexity index is 1350. The van der Waals surface area contributed by atoms with Crippen LogP contribution in [0.5, 0.6) is 5.75 Å². The molecule has 0 saturated carbocycles. The molecule has 0 unspecified atom stereocenters. The summed E-state index contributed by atoms with van der Waals surface area (Å²) in [6.07, 6.45) is 0.849. The van der Waals surface area contributed by atoms with E-state index in [0.29, 0.717) is 22.3 Å². The lowest BCUT2D eigenvalue weighted by Gasteiger charge is -2.12.